The smallest absolute Gasteiger partial charge is 0.227 e. The zero-order valence-corrected chi connectivity index (χ0v) is 21.7. The van der Waals surface area contributed by atoms with Crippen molar-refractivity contribution in [3.05, 3.63) is 54.4 Å². The normalized spacial score (nSPS) is 27.1. The minimum absolute atomic E-state index is 0.0111. The number of hydrogen-bond donors (Lipinski definition) is 0. The first kappa shape index (κ1) is 25.4. The van der Waals surface area contributed by atoms with E-state index in [2.05, 4.69) is 31.0 Å². The minimum Gasteiger partial charge on any atom is -0.341 e. The van der Waals surface area contributed by atoms with Crippen LogP contribution in [0.25, 0.3) is 0 Å². The molecule has 0 radical (unpaired) electrons. The highest BCUT2D eigenvalue weighted by Crippen LogP contribution is 2.34. The summed E-state index contributed by atoms with van der Waals surface area (Å²) in [6.45, 7) is 5.95. The quantitative estimate of drug-likeness (QED) is 0.568. The molecule has 1 aliphatic carbocycles. The van der Waals surface area contributed by atoms with Crippen molar-refractivity contribution in [2.45, 2.75) is 51.6 Å². The second-order valence-corrected chi connectivity index (χ2v) is 11.3. The lowest BCUT2D eigenvalue weighted by molar-refractivity contribution is -0.144. The van der Waals surface area contributed by atoms with Crippen LogP contribution in [0.2, 0.25) is 0 Å². The van der Waals surface area contributed by atoms with Gasteiger partial charge in [-0.15, -0.1) is 0 Å². The van der Waals surface area contributed by atoms with E-state index in [1.54, 1.807) is 28.3 Å². The van der Waals surface area contributed by atoms with Crippen molar-refractivity contribution >= 4 is 23.5 Å². The van der Waals surface area contributed by atoms with Crippen LogP contribution < -0.4 is 0 Å². The van der Waals surface area contributed by atoms with Crippen LogP contribution in [0.4, 0.5) is 0 Å². The molecule has 0 N–H and O–H groups in total. The Labute approximate surface area is 218 Å². The first-order valence-electron chi connectivity index (χ1n) is 13.5. The Hall–Kier alpha value is -3.29. The Morgan fingerprint density at radius 1 is 1.05 bits per heavy atom. The molecule has 196 valence electrons. The fourth-order valence-electron chi connectivity index (χ4n) is 6.46. The van der Waals surface area contributed by atoms with E-state index in [0.717, 1.165) is 5.56 Å². The first-order chi connectivity index (χ1) is 17.8. The molecule has 3 aliphatic heterocycles. The standard InChI is InChI=1S/C29H36N4O4/c1-19(2)12-23(14-26(35)31-16-21-7-3-4-8-22(21)17-31)29(37)32-11-9-24-28(32)25(34)18-33(24)27(36)13-20-6-5-10-30-15-20/h3-8,10,15,19,21-24,28H,9,11-14,16-18H2,1-2H3. The average molecular weight is 505 g/mol. The second kappa shape index (κ2) is 10.6. The van der Waals surface area contributed by atoms with Crippen LogP contribution in [0.3, 0.4) is 0 Å². The van der Waals surface area contributed by atoms with Crippen LogP contribution in [-0.2, 0) is 25.6 Å². The molecule has 5 atom stereocenters. The topological polar surface area (TPSA) is 90.9 Å². The number of allylic oxidation sites excluding steroid dienone is 2. The van der Waals surface area contributed by atoms with E-state index in [-0.39, 0.29) is 54.9 Å². The largest absolute Gasteiger partial charge is 0.341 e. The van der Waals surface area contributed by atoms with Crippen molar-refractivity contribution < 1.29 is 19.2 Å². The van der Waals surface area contributed by atoms with E-state index in [1.165, 1.54) is 0 Å². The Balaban J connectivity index is 1.25. The van der Waals surface area contributed by atoms with E-state index >= 15 is 0 Å². The number of nitrogens with zero attached hydrogens (tertiary/aromatic N) is 4. The second-order valence-electron chi connectivity index (χ2n) is 11.3. The number of rotatable bonds is 7. The van der Waals surface area contributed by atoms with Gasteiger partial charge in [0.25, 0.3) is 0 Å². The van der Waals surface area contributed by atoms with Gasteiger partial charge in [0, 0.05) is 56.2 Å². The molecular weight excluding hydrogens is 468 g/mol. The summed E-state index contributed by atoms with van der Waals surface area (Å²) in [5.41, 5.74) is 0.803. The fourth-order valence-corrected chi connectivity index (χ4v) is 6.46. The molecule has 5 rings (SSSR count). The number of likely N-dealkylation sites (tertiary alicyclic amines) is 3. The molecule has 4 heterocycles. The highest BCUT2D eigenvalue weighted by Gasteiger charge is 2.52. The Morgan fingerprint density at radius 3 is 2.43 bits per heavy atom. The molecule has 3 amide bonds. The van der Waals surface area contributed by atoms with E-state index in [4.69, 9.17) is 0 Å². The van der Waals surface area contributed by atoms with Gasteiger partial charge in [-0.05, 0) is 30.4 Å². The Morgan fingerprint density at radius 2 is 1.78 bits per heavy atom. The van der Waals surface area contributed by atoms with Crippen molar-refractivity contribution in [3.63, 3.8) is 0 Å². The van der Waals surface area contributed by atoms with E-state index in [1.807, 2.05) is 23.1 Å². The predicted molar refractivity (Wildman–Crippen MR) is 138 cm³/mol. The van der Waals surface area contributed by atoms with Crippen molar-refractivity contribution in [2.75, 3.05) is 26.2 Å². The summed E-state index contributed by atoms with van der Waals surface area (Å²) in [6, 6.07) is 2.73. The van der Waals surface area contributed by atoms with Gasteiger partial charge in [-0.3, -0.25) is 24.2 Å². The summed E-state index contributed by atoms with van der Waals surface area (Å²) in [7, 11) is 0. The van der Waals surface area contributed by atoms with Gasteiger partial charge in [-0.1, -0.05) is 44.2 Å². The monoisotopic (exact) mass is 504 g/mol. The number of Topliss-reactive ketones (excluding diaryl/α,β-unsaturated/α-hetero) is 1. The van der Waals surface area contributed by atoms with Crippen molar-refractivity contribution in [2.24, 2.45) is 23.7 Å². The molecule has 0 bridgehead atoms. The van der Waals surface area contributed by atoms with Crippen LogP contribution in [0, 0.1) is 23.7 Å². The summed E-state index contributed by atoms with van der Waals surface area (Å²) in [5.74, 6) is 0.148. The van der Waals surface area contributed by atoms with Gasteiger partial charge in [0.2, 0.25) is 17.7 Å². The highest BCUT2D eigenvalue weighted by atomic mass is 16.2. The molecule has 5 unspecified atom stereocenters. The maximum atomic E-state index is 13.8. The third-order valence-corrected chi connectivity index (χ3v) is 8.22. The minimum atomic E-state index is -0.611. The van der Waals surface area contributed by atoms with Gasteiger partial charge < -0.3 is 14.7 Å². The van der Waals surface area contributed by atoms with Crippen molar-refractivity contribution in [1.29, 1.82) is 0 Å². The molecule has 4 aliphatic rings. The lowest BCUT2D eigenvalue weighted by Gasteiger charge is -2.29. The van der Waals surface area contributed by atoms with Crippen LogP contribution in [0.1, 0.15) is 38.7 Å². The summed E-state index contributed by atoms with van der Waals surface area (Å²) >= 11 is 0. The van der Waals surface area contributed by atoms with Crippen LogP contribution >= 0.6 is 0 Å². The molecule has 1 aromatic rings. The van der Waals surface area contributed by atoms with Crippen LogP contribution in [0.5, 0.6) is 0 Å². The van der Waals surface area contributed by atoms with E-state index < -0.39 is 12.0 Å². The molecule has 3 saturated heterocycles. The Kier molecular flexibility index (Phi) is 7.26. The summed E-state index contributed by atoms with van der Waals surface area (Å²) in [4.78, 5) is 62.5. The number of ketones is 1. The lowest BCUT2D eigenvalue weighted by Crippen LogP contribution is -2.47. The predicted octanol–water partition coefficient (Wildman–Crippen LogP) is 2.26. The Bertz CT molecular complexity index is 1090. The third kappa shape index (κ3) is 5.24. The first-order valence-corrected chi connectivity index (χ1v) is 13.5. The van der Waals surface area contributed by atoms with E-state index in [9.17, 15) is 19.2 Å². The number of amides is 3. The van der Waals surface area contributed by atoms with Crippen molar-refractivity contribution in [1.82, 2.24) is 19.7 Å². The van der Waals surface area contributed by atoms with Gasteiger partial charge in [-0.2, -0.15) is 0 Å². The maximum absolute atomic E-state index is 13.8. The summed E-state index contributed by atoms with van der Waals surface area (Å²) < 4.78 is 0. The molecule has 0 aromatic carbocycles. The number of pyridine rings is 1. The number of hydrogen-bond acceptors (Lipinski definition) is 5. The average Bonchev–Trinajstić information content (AvgIpc) is 3.58. The molecule has 1 aromatic heterocycles. The fraction of sp³-hybridized carbons (Fsp3) is 0.552. The molecule has 8 nitrogen and oxygen atoms in total. The van der Waals surface area contributed by atoms with Crippen LogP contribution in [-0.4, -0.2) is 81.5 Å². The number of carbonyl (C=O) groups excluding carboxylic acids is 4. The zero-order valence-electron chi connectivity index (χ0n) is 21.7. The van der Waals surface area contributed by atoms with Gasteiger partial charge in [0.05, 0.1) is 19.0 Å². The molecule has 3 fully saturated rings. The summed E-state index contributed by atoms with van der Waals surface area (Å²) in [5, 5.41) is 0. The maximum Gasteiger partial charge on any atom is 0.227 e. The molecular formula is C29H36N4O4. The van der Waals surface area contributed by atoms with Gasteiger partial charge in [0.15, 0.2) is 5.78 Å². The SMILES string of the molecule is CC(C)CC(CC(=O)N1CC2C=CC=CC2C1)C(=O)N1CCC2C1C(=O)CN2C(=O)Cc1cccnc1. The third-order valence-electron chi connectivity index (χ3n) is 8.22. The molecule has 8 heteroatoms. The van der Waals surface area contributed by atoms with Crippen LogP contribution in [0.15, 0.2) is 48.8 Å². The lowest BCUT2D eigenvalue weighted by atomic mass is 9.91. The van der Waals surface area contributed by atoms with E-state index in [0.29, 0.717) is 44.3 Å². The van der Waals surface area contributed by atoms with Crippen molar-refractivity contribution in [3.8, 4) is 0 Å². The van der Waals surface area contributed by atoms with Gasteiger partial charge in [0.1, 0.15) is 6.04 Å². The summed E-state index contributed by atoms with van der Waals surface area (Å²) in [6.07, 6.45) is 13.2. The molecule has 0 spiro atoms. The number of carbonyl (C=O) groups is 4. The van der Waals surface area contributed by atoms with Gasteiger partial charge in [-0.25, -0.2) is 0 Å². The van der Waals surface area contributed by atoms with Gasteiger partial charge >= 0.3 is 0 Å². The molecule has 37 heavy (non-hydrogen) atoms. The highest BCUT2D eigenvalue weighted by molar-refractivity contribution is 5.98. The molecule has 0 saturated carbocycles. The number of fused-ring (bicyclic) bond motifs is 2. The number of aromatic nitrogens is 1. The zero-order chi connectivity index (χ0) is 26.1.